The fourth-order valence-corrected chi connectivity index (χ4v) is 5.99. The minimum atomic E-state index is -1.23. The van der Waals surface area contributed by atoms with Gasteiger partial charge in [-0.1, -0.05) is 67.1 Å². The molecule has 2 aromatic heterocycles. The molecule has 2 heterocycles. The number of carbonyl (C=O) groups is 4. The fourth-order valence-electron chi connectivity index (χ4n) is 5.99. The summed E-state index contributed by atoms with van der Waals surface area (Å²) in [7, 11) is 0. The zero-order chi connectivity index (χ0) is 42.4. The summed E-state index contributed by atoms with van der Waals surface area (Å²) in [5.74, 6) is -2.67. The zero-order valence-electron chi connectivity index (χ0n) is 32.9. The third-order valence-electron chi connectivity index (χ3n) is 9.14. The van der Waals surface area contributed by atoms with E-state index in [4.69, 9.17) is 37.3 Å². The van der Waals surface area contributed by atoms with Crippen molar-refractivity contribution in [2.24, 2.45) is 0 Å². The number of ether oxygens (including phenoxy) is 6. The molecule has 0 bridgehead atoms. The zero-order valence-corrected chi connectivity index (χ0v) is 32.9. The Morgan fingerprint density at radius 3 is 1.55 bits per heavy atom. The maximum Gasteiger partial charge on any atom is 0.352 e. The van der Waals surface area contributed by atoms with Crippen molar-refractivity contribution in [3.63, 3.8) is 0 Å². The summed E-state index contributed by atoms with van der Waals surface area (Å²) in [6.45, 7) is 3.07. The Hall–Kier alpha value is -6.90. The number of carbonyl (C=O) groups excluding carboxylic acids is 4. The van der Waals surface area contributed by atoms with Crippen molar-refractivity contribution in [1.82, 2.24) is 0 Å². The van der Waals surface area contributed by atoms with E-state index in [1.54, 1.807) is 12.1 Å². The first-order chi connectivity index (χ1) is 29.1. The normalized spacial score (nSPS) is 12.1. The van der Waals surface area contributed by atoms with Crippen LogP contribution in [0.4, 0.5) is 0 Å². The van der Waals surface area contributed by atoms with E-state index in [0.717, 1.165) is 11.1 Å². The lowest BCUT2D eigenvalue weighted by atomic mass is 10.1. The van der Waals surface area contributed by atoms with Crippen molar-refractivity contribution >= 4 is 45.8 Å². The maximum absolute atomic E-state index is 13.0. The second-order valence-corrected chi connectivity index (χ2v) is 13.6. The molecule has 0 N–H and O–H groups in total. The highest BCUT2D eigenvalue weighted by Crippen LogP contribution is 2.25. The van der Waals surface area contributed by atoms with Crippen molar-refractivity contribution in [3.8, 4) is 33.8 Å². The monoisotopic (exact) mass is 818 g/mol. The predicted octanol–water partition coefficient (Wildman–Crippen LogP) is 7.20. The highest BCUT2D eigenvalue weighted by atomic mass is 16.6. The van der Waals surface area contributed by atoms with Crippen LogP contribution >= 0.6 is 0 Å². The van der Waals surface area contributed by atoms with Crippen LogP contribution in [0, 0.1) is 0 Å². The lowest BCUT2D eigenvalue weighted by Crippen LogP contribution is -2.30. The summed E-state index contributed by atoms with van der Waals surface area (Å²) in [4.78, 5) is 75.6. The average Bonchev–Trinajstić information content (AvgIpc) is 3.25. The van der Waals surface area contributed by atoms with E-state index in [-0.39, 0.29) is 53.2 Å². The largest absolute Gasteiger partial charge is 0.463 e. The minimum absolute atomic E-state index is 0.0932. The quantitative estimate of drug-likeness (QED) is 0.0454. The van der Waals surface area contributed by atoms with Crippen molar-refractivity contribution in [1.29, 1.82) is 0 Å². The molecule has 6 rings (SSSR count). The van der Waals surface area contributed by atoms with Crippen LogP contribution in [-0.4, -0.2) is 62.5 Å². The molecule has 0 radical (unpaired) electrons. The second kappa shape index (κ2) is 20.7. The van der Waals surface area contributed by atoms with Gasteiger partial charge in [0, 0.05) is 25.2 Å². The van der Waals surface area contributed by atoms with E-state index < -0.39 is 42.7 Å². The van der Waals surface area contributed by atoms with Crippen LogP contribution < -0.4 is 20.3 Å². The van der Waals surface area contributed by atoms with Crippen LogP contribution in [0.15, 0.2) is 128 Å². The molecule has 0 aliphatic carbocycles. The Morgan fingerprint density at radius 2 is 1.03 bits per heavy atom. The summed E-state index contributed by atoms with van der Waals surface area (Å²) in [6.07, 6.45) is 2.24. The van der Waals surface area contributed by atoms with Crippen molar-refractivity contribution < 1.29 is 56.4 Å². The lowest BCUT2D eigenvalue weighted by Gasteiger charge is -2.13. The van der Waals surface area contributed by atoms with Crippen molar-refractivity contribution in [2.45, 2.75) is 51.7 Å². The van der Waals surface area contributed by atoms with Crippen LogP contribution in [0.2, 0.25) is 0 Å². The third kappa shape index (κ3) is 11.4. The highest BCUT2D eigenvalue weighted by molar-refractivity contribution is 5.86. The van der Waals surface area contributed by atoms with Gasteiger partial charge < -0.3 is 37.3 Å². The number of hydrogen-bond acceptors (Lipinski definition) is 14. The summed E-state index contributed by atoms with van der Waals surface area (Å²) in [6, 6.07) is 27.0. The number of esters is 4. The molecular weight excluding hydrogens is 776 g/mol. The molecule has 0 spiro atoms. The van der Waals surface area contributed by atoms with Crippen molar-refractivity contribution in [3.05, 3.63) is 130 Å². The molecule has 2 atom stereocenters. The van der Waals surface area contributed by atoms with E-state index in [2.05, 4.69) is 0 Å². The first-order valence-corrected chi connectivity index (χ1v) is 19.3. The first-order valence-electron chi connectivity index (χ1n) is 19.3. The molecule has 310 valence electrons. The molecule has 0 amide bonds. The molecular formula is C46H42O14. The van der Waals surface area contributed by atoms with Gasteiger partial charge in [0.2, 0.25) is 0 Å². The summed E-state index contributed by atoms with van der Waals surface area (Å²) < 4.78 is 43.1. The van der Waals surface area contributed by atoms with Gasteiger partial charge in [0.1, 0.15) is 41.8 Å². The molecule has 0 aliphatic heterocycles. The van der Waals surface area contributed by atoms with Gasteiger partial charge in [0.25, 0.3) is 0 Å². The van der Waals surface area contributed by atoms with E-state index in [1.807, 2.05) is 48.5 Å². The number of rotatable bonds is 19. The van der Waals surface area contributed by atoms with Gasteiger partial charge in [-0.05, 0) is 62.1 Å². The first kappa shape index (κ1) is 42.7. The van der Waals surface area contributed by atoms with E-state index in [1.165, 1.54) is 62.8 Å². The van der Waals surface area contributed by atoms with E-state index >= 15 is 0 Å². The van der Waals surface area contributed by atoms with Crippen molar-refractivity contribution in [2.75, 3.05) is 26.4 Å². The Labute approximate surface area is 343 Å². The molecule has 0 saturated heterocycles. The molecule has 2 unspecified atom stereocenters. The maximum atomic E-state index is 13.0. The lowest BCUT2D eigenvalue weighted by molar-refractivity contribution is -0.164. The predicted molar refractivity (Wildman–Crippen MR) is 218 cm³/mol. The second-order valence-electron chi connectivity index (χ2n) is 13.6. The SMILES string of the molecule is CC(OC(=O)CCCCCOCCOCC(=O)OC(C)C(=O)Oc1ccc2c(=O)c(-c3ccccc3)coc2c1)C(=O)Oc1ccc2c(=O)c(-c3ccccc3)coc2c1. The summed E-state index contributed by atoms with van der Waals surface area (Å²) in [5, 5.41) is 0.651. The molecule has 60 heavy (non-hydrogen) atoms. The smallest absolute Gasteiger partial charge is 0.352 e. The molecule has 6 aromatic rings. The molecule has 0 saturated carbocycles. The van der Waals surface area contributed by atoms with Crippen LogP contribution in [0.5, 0.6) is 11.5 Å². The standard InChI is InChI=1S/C46H42O14/c1-29(45(51)59-33-17-19-35-39(24-33)55-26-37(43(35)49)31-12-6-3-7-13-31)57-41(47)16-10-5-11-21-53-22-23-54-28-42(48)58-30(2)46(52)60-34-18-20-36-40(25-34)56-27-38(44(36)50)32-14-8-4-9-15-32/h3-4,6-9,12-15,17-20,24-27,29-30H,5,10-11,16,21-23,28H2,1-2H3. The van der Waals surface area contributed by atoms with Crippen LogP contribution in [-0.2, 0) is 38.1 Å². The number of fused-ring (bicyclic) bond motifs is 2. The average molecular weight is 819 g/mol. The van der Waals surface area contributed by atoms with E-state index in [9.17, 15) is 28.8 Å². The van der Waals surface area contributed by atoms with Gasteiger partial charge in [-0.25, -0.2) is 14.4 Å². The number of hydrogen-bond donors (Lipinski definition) is 0. The van der Waals surface area contributed by atoms with Crippen LogP contribution in [0.25, 0.3) is 44.2 Å². The van der Waals surface area contributed by atoms with Gasteiger partial charge in [0.15, 0.2) is 23.1 Å². The Morgan fingerprint density at radius 1 is 0.550 bits per heavy atom. The van der Waals surface area contributed by atoms with Gasteiger partial charge >= 0.3 is 23.9 Å². The summed E-state index contributed by atoms with van der Waals surface area (Å²) >= 11 is 0. The Bertz CT molecular complexity index is 2380. The molecule has 4 aromatic carbocycles. The number of unbranched alkanes of at least 4 members (excludes halogenated alkanes) is 2. The third-order valence-corrected chi connectivity index (χ3v) is 9.14. The molecule has 0 fully saturated rings. The van der Waals surface area contributed by atoms with Gasteiger partial charge in [-0.15, -0.1) is 0 Å². The highest BCUT2D eigenvalue weighted by Gasteiger charge is 2.22. The fraction of sp³-hybridized carbons (Fsp3) is 0.261. The van der Waals surface area contributed by atoms with Crippen LogP contribution in [0.3, 0.4) is 0 Å². The molecule has 14 heteroatoms. The van der Waals surface area contributed by atoms with Gasteiger partial charge in [0.05, 0.1) is 35.1 Å². The molecule has 14 nitrogen and oxygen atoms in total. The molecule has 0 aliphatic rings. The Kier molecular flexibility index (Phi) is 14.7. The minimum Gasteiger partial charge on any atom is -0.463 e. The topological polar surface area (TPSA) is 184 Å². The Balaban J connectivity index is 0.800. The summed E-state index contributed by atoms with van der Waals surface area (Å²) in [5.41, 5.74) is 2.29. The van der Waals surface area contributed by atoms with E-state index in [0.29, 0.717) is 47.8 Å². The number of benzene rings is 4. The van der Waals surface area contributed by atoms with Crippen LogP contribution in [0.1, 0.15) is 39.5 Å². The van der Waals surface area contributed by atoms with Gasteiger partial charge in [-0.2, -0.15) is 0 Å². The van der Waals surface area contributed by atoms with Gasteiger partial charge in [-0.3, -0.25) is 14.4 Å².